The van der Waals surface area contributed by atoms with Gasteiger partial charge in [0.15, 0.2) is 0 Å². The molecule has 1 nitrogen and oxygen atoms in total. The van der Waals surface area contributed by atoms with Gasteiger partial charge < -0.3 is 0 Å². The smallest absolute Gasteiger partial charge is 0.0712 e. The summed E-state index contributed by atoms with van der Waals surface area (Å²) in [6, 6.07) is 48.4. The van der Waals surface area contributed by atoms with E-state index in [2.05, 4.69) is 180 Å². The van der Waals surface area contributed by atoms with Crippen LogP contribution in [0.2, 0.25) is 0 Å². The molecule has 1 aromatic heterocycles. The molecule has 0 bridgehead atoms. The van der Waals surface area contributed by atoms with E-state index in [4.69, 9.17) is 4.98 Å². The van der Waals surface area contributed by atoms with Gasteiger partial charge in [-0.1, -0.05) is 185 Å². The predicted octanol–water partition coefficient (Wildman–Crippen LogP) is 13.9. The van der Waals surface area contributed by atoms with Crippen LogP contribution in [-0.4, -0.2) is 4.98 Å². The normalized spacial score (nSPS) is 13.6. The number of nitrogens with zero attached hydrogens (tertiary/aromatic N) is 1. The molecule has 0 unspecified atom stereocenters. The first-order valence-corrected chi connectivity index (χ1v) is 18.3. The Bertz CT molecular complexity index is 2420. The lowest BCUT2D eigenvalue weighted by atomic mass is 9.81. The van der Waals surface area contributed by atoms with E-state index in [-0.39, 0.29) is 5.41 Å². The molecule has 0 saturated carbocycles. The van der Waals surface area contributed by atoms with Gasteiger partial charge in [0.05, 0.1) is 11.4 Å². The van der Waals surface area contributed by atoms with Crippen LogP contribution in [0, 0.1) is 0 Å². The largest absolute Gasteiger partial charge is 0.248 e. The Morgan fingerprint density at radius 3 is 1.77 bits per heavy atom. The number of fused-ring (bicyclic) bond motifs is 3. The lowest BCUT2D eigenvalue weighted by Gasteiger charge is -2.22. The first-order valence-electron chi connectivity index (χ1n) is 18.3. The molecule has 7 rings (SSSR count). The Hall–Kier alpha value is -6.31. The summed E-state index contributed by atoms with van der Waals surface area (Å²) in [6.45, 7) is 14.6. The molecule has 0 N–H and O–H groups in total. The zero-order valence-corrected chi connectivity index (χ0v) is 30.9. The zero-order valence-electron chi connectivity index (χ0n) is 30.9. The Morgan fingerprint density at radius 1 is 0.566 bits per heavy atom. The molecule has 1 aliphatic rings. The summed E-state index contributed by atoms with van der Waals surface area (Å²) in [4.78, 5) is 5.17. The predicted molar refractivity (Wildman–Crippen MR) is 229 cm³/mol. The lowest BCUT2D eigenvalue weighted by molar-refractivity contribution is 0.661. The Balaban J connectivity index is 1.21. The summed E-state index contributed by atoms with van der Waals surface area (Å²) in [5.74, 6) is 0. The molecule has 53 heavy (non-hydrogen) atoms. The molecule has 258 valence electrons. The highest BCUT2D eigenvalue weighted by Crippen LogP contribution is 2.50. The summed E-state index contributed by atoms with van der Waals surface area (Å²) < 4.78 is 0. The van der Waals surface area contributed by atoms with E-state index in [1.54, 1.807) is 6.08 Å². The highest BCUT2D eigenvalue weighted by molar-refractivity contribution is 5.86. The second-order valence-electron chi connectivity index (χ2n) is 14.1. The van der Waals surface area contributed by atoms with Crippen molar-refractivity contribution in [1.29, 1.82) is 0 Å². The third-order valence-corrected chi connectivity index (χ3v) is 10.2. The highest BCUT2D eigenvalue weighted by atomic mass is 14.7. The number of pyridine rings is 1. The van der Waals surface area contributed by atoms with E-state index < -0.39 is 0 Å². The van der Waals surface area contributed by atoms with Crippen LogP contribution in [0.15, 0.2) is 195 Å². The first-order chi connectivity index (χ1) is 25.9. The number of aromatic nitrogens is 1. The Kier molecular flexibility index (Phi) is 10.3. The Morgan fingerprint density at radius 2 is 1.13 bits per heavy atom. The molecule has 1 heterocycles. The highest BCUT2D eigenvalue weighted by Gasteiger charge is 2.35. The average Bonchev–Trinajstić information content (AvgIpc) is 3.43. The number of hydrogen-bond acceptors (Lipinski definition) is 1. The van der Waals surface area contributed by atoms with Crippen molar-refractivity contribution in [2.75, 3.05) is 0 Å². The molecule has 0 atom stereocenters. The second-order valence-corrected chi connectivity index (χ2v) is 14.1. The van der Waals surface area contributed by atoms with Crippen LogP contribution in [0.4, 0.5) is 0 Å². The van der Waals surface area contributed by atoms with Gasteiger partial charge in [-0.3, -0.25) is 0 Å². The molecule has 1 heteroatoms. The first kappa shape index (κ1) is 35.1. The van der Waals surface area contributed by atoms with Crippen LogP contribution in [-0.2, 0) is 11.8 Å². The minimum atomic E-state index is -0.103. The van der Waals surface area contributed by atoms with Gasteiger partial charge in [0.25, 0.3) is 0 Å². The van der Waals surface area contributed by atoms with Crippen molar-refractivity contribution in [3.05, 3.63) is 223 Å². The molecule has 0 aliphatic heterocycles. The van der Waals surface area contributed by atoms with Crippen LogP contribution >= 0.6 is 0 Å². The number of benzene rings is 5. The standard InChI is InChI=1S/C52H45N/c1-6-8-12-18-37(3)50-35-45(40-23-15-11-16-24-40)36-51(53-50)41(20-9-7-2)27-26-38-19-17-25-42(32-38)44-29-31-47-46-30-28-43(39-21-13-10-14-22-39)33-48(46)52(4,5)49(47)34-44/h6-25,27-36H,1-2,26H2,3-5H3/b12-8-,20-9-,37-18+,41-27+. The minimum Gasteiger partial charge on any atom is -0.248 e. The van der Waals surface area contributed by atoms with Crippen molar-refractivity contribution in [3.63, 3.8) is 0 Å². The van der Waals surface area contributed by atoms with Crippen LogP contribution in [0.25, 0.3) is 55.7 Å². The van der Waals surface area contributed by atoms with E-state index in [1.165, 1.54) is 50.1 Å². The Labute approximate surface area is 315 Å². The molecule has 0 radical (unpaired) electrons. The van der Waals surface area contributed by atoms with E-state index in [9.17, 15) is 0 Å². The maximum absolute atomic E-state index is 5.17. The quantitative estimate of drug-likeness (QED) is 0.124. The van der Waals surface area contributed by atoms with Crippen molar-refractivity contribution in [2.45, 2.75) is 32.6 Å². The zero-order chi connectivity index (χ0) is 36.8. The van der Waals surface area contributed by atoms with Gasteiger partial charge in [0, 0.05) is 5.41 Å². The lowest BCUT2D eigenvalue weighted by Crippen LogP contribution is -2.15. The topological polar surface area (TPSA) is 12.9 Å². The second kappa shape index (κ2) is 15.5. The maximum atomic E-state index is 5.17. The van der Waals surface area contributed by atoms with E-state index in [0.717, 1.165) is 40.1 Å². The van der Waals surface area contributed by atoms with Crippen molar-refractivity contribution in [3.8, 4) is 44.5 Å². The molecular formula is C52H45N. The van der Waals surface area contributed by atoms with Crippen LogP contribution in [0.5, 0.6) is 0 Å². The van der Waals surface area contributed by atoms with Crippen LogP contribution in [0.3, 0.4) is 0 Å². The fourth-order valence-corrected chi connectivity index (χ4v) is 7.30. The van der Waals surface area contributed by atoms with Crippen molar-refractivity contribution in [1.82, 2.24) is 4.98 Å². The summed E-state index contributed by atoms with van der Waals surface area (Å²) in [5.41, 5.74) is 17.8. The van der Waals surface area contributed by atoms with Gasteiger partial charge in [-0.2, -0.15) is 0 Å². The van der Waals surface area contributed by atoms with E-state index in [0.29, 0.717) is 0 Å². The third kappa shape index (κ3) is 7.52. The van der Waals surface area contributed by atoms with Crippen LogP contribution < -0.4 is 0 Å². The summed E-state index contributed by atoms with van der Waals surface area (Å²) in [7, 11) is 0. The maximum Gasteiger partial charge on any atom is 0.0712 e. The van der Waals surface area contributed by atoms with Crippen molar-refractivity contribution in [2.24, 2.45) is 0 Å². The third-order valence-electron chi connectivity index (χ3n) is 10.2. The van der Waals surface area contributed by atoms with Gasteiger partial charge in [0.2, 0.25) is 0 Å². The molecule has 0 saturated heterocycles. The van der Waals surface area contributed by atoms with Crippen molar-refractivity contribution < 1.29 is 0 Å². The fourth-order valence-electron chi connectivity index (χ4n) is 7.30. The van der Waals surface area contributed by atoms with Gasteiger partial charge in [-0.25, -0.2) is 4.98 Å². The molecule has 0 spiro atoms. The minimum absolute atomic E-state index is 0.103. The van der Waals surface area contributed by atoms with Gasteiger partial charge in [-0.15, -0.1) is 0 Å². The summed E-state index contributed by atoms with van der Waals surface area (Å²) in [6.07, 6.45) is 16.8. The summed E-state index contributed by atoms with van der Waals surface area (Å²) in [5, 5.41) is 0. The van der Waals surface area contributed by atoms with Crippen LogP contribution in [0.1, 0.15) is 48.8 Å². The molecule has 6 aromatic rings. The van der Waals surface area contributed by atoms with E-state index >= 15 is 0 Å². The molecule has 5 aromatic carbocycles. The van der Waals surface area contributed by atoms with E-state index in [1.807, 2.05) is 30.4 Å². The fraction of sp³-hybridized carbons (Fsp3) is 0.0962. The average molecular weight is 684 g/mol. The van der Waals surface area contributed by atoms with Crippen molar-refractivity contribution >= 4 is 11.1 Å². The molecule has 0 fully saturated rings. The van der Waals surface area contributed by atoms with Gasteiger partial charge in [0.1, 0.15) is 0 Å². The molecule has 0 amide bonds. The monoisotopic (exact) mass is 683 g/mol. The molecular weight excluding hydrogens is 639 g/mol. The summed E-state index contributed by atoms with van der Waals surface area (Å²) >= 11 is 0. The number of allylic oxidation sites excluding steroid dienone is 10. The van der Waals surface area contributed by atoms with Gasteiger partial charge >= 0.3 is 0 Å². The van der Waals surface area contributed by atoms with Gasteiger partial charge in [-0.05, 0) is 110 Å². The number of hydrogen-bond donors (Lipinski definition) is 0. The molecule has 1 aliphatic carbocycles. The number of rotatable bonds is 11. The SMILES string of the molecule is C=C/C=C\C=C(/C)c1cc(-c2ccccc2)cc(C(/C=C\C=C)=C/Cc2cccc(-c3ccc4c(c3)C(C)(C)c3cc(-c5ccccc5)ccc3-4)c2)n1.